The highest BCUT2D eigenvalue weighted by Gasteiger charge is 2.20. The number of fused-ring (bicyclic) bond motifs is 2. The van der Waals surface area contributed by atoms with Gasteiger partial charge in [0.1, 0.15) is 19.0 Å². The van der Waals surface area contributed by atoms with Crippen molar-refractivity contribution in [1.29, 1.82) is 0 Å². The molecule has 2 aliphatic rings. The number of hydrogen-bond donors (Lipinski definition) is 1. The van der Waals surface area contributed by atoms with Crippen LogP contribution in [0.25, 0.3) is 10.9 Å². The molecule has 8 nitrogen and oxygen atoms in total. The van der Waals surface area contributed by atoms with E-state index >= 15 is 0 Å². The smallest absolute Gasteiger partial charge is 0.251 e. The number of carbonyl (C=O) groups excluding carboxylic acids is 1. The SMILES string of the molecule is COc1ccc2c(C=O)cc(=O)n(CCNC3CCN(Cc4ccc5c(c4)OCCO5)CC3)c2c1. The molecule has 3 aromatic rings. The molecule has 5 rings (SSSR count). The standard InChI is InChI=1S/C27H31N3O5/c1-33-22-3-4-23-20(18-31)15-27(32)30(24(23)16-22)11-8-28-21-6-9-29(10-7-21)17-19-2-5-25-26(14-19)35-13-12-34-25/h2-5,14-16,18,21,28H,6-13,17H2,1H3. The fourth-order valence-corrected chi connectivity index (χ4v) is 4.96. The van der Waals surface area contributed by atoms with Crippen LogP contribution in [0.2, 0.25) is 0 Å². The summed E-state index contributed by atoms with van der Waals surface area (Å²) in [7, 11) is 1.59. The highest BCUT2D eigenvalue weighted by Crippen LogP contribution is 2.31. The van der Waals surface area contributed by atoms with Crippen LogP contribution in [0.5, 0.6) is 17.2 Å². The van der Waals surface area contributed by atoms with Crippen LogP contribution in [0.3, 0.4) is 0 Å². The number of carbonyl (C=O) groups is 1. The summed E-state index contributed by atoms with van der Waals surface area (Å²) in [6.45, 7) is 5.34. The van der Waals surface area contributed by atoms with Crippen molar-refractivity contribution in [3.8, 4) is 17.2 Å². The van der Waals surface area contributed by atoms with E-state index in [9.17, 15) is 9.59 Å². The fraction of sp³-hybridized carbons (Fsp3) is 0.407. The fourth-order valence-electron chi connectivity index (χ4n) is 4.96. The summed E-state index contributed by atoms with van der Waals surface area (Å²) in [4.78, 5) is 26.6. The zero-order valence-corrected chi connectivity index (χ0v) is 20.0. The van der Waals surface area contributed by atoms with E-state index in [1.165, 1.54) is 11.6 Å². The lowest BCUT2D eigenvalue weighted by molar-refractivity contribution is 0.112. The maximum Gasteiger partial charge on any atom is 0.251 e. The minimum atomic E-state index is -0.177. The summed E-state index contributed by atoms with van der Waals surface area (Å²) < 4.78 is 18.4. The molecular weight excluding hydrogens is 446 g/mol. The van der Waals surface area contributed by atoms with Crippen molar-refractivity contribution in [2.75, 3.05) is 40.0 Å². The zero-order valence-electron chi connectivity index (χ0n) is 20.0. The lowest BCUT2D eigenvalue weighted by Gasteiger charge is -2.32. The molecule has 0 radical (unpaired) electrons. The number of nitrogens with zero attached hydrogens (tertiary/aromatic N) is 2. The third-order valence-electron chi connectivity index (χ3n) is 6.85. The van der Waals surface area contributed by atoms with Crippen LogP contribution in [0, 0.1) is 0 Å². The second kappa shape index (κ2) is 10.5. The monoisotopic (exact) mass is 477 g/mol. The number of likely N-dealkylation sites (tertiary alicyclic amines) is 1. The van der Waals surface area contributed by atoms with Gasteiger partial charge in [-0.2, -0.15) is 0 Å². The minimum Gasteiger partial charge on any atom is -0.497 e. The van der Waals surface area contributed by atoms with E-state index in [0.29, 0.717) is 43.7 Å². The number of aldehydes is 1. The highest BCUT2D eigenvalue weighted by atomic mass is 16.6. The van der Waals surface area contributed by atoms with Crippen LogP contribution in [0.1, 0.15) is 28.8 Å². The number of ether oxygens (including phenoxy) is 3. The Labute approximate surface area is 204 Å². The summed E-state index contributed by atoms with van der Waals surface area (Å²) >= 11 is 0. The second-order valence-corrected chi connectivity index (χ2v) is 9.07. The molecule has 3 heterocycles. The van der Waals surface area contributed by atoms with Gasteiger partial charge in [0, 0.05) is 48.8 Å². The van der Waals surface area contributed by atoms with E-state index in [1.807, 2.05) is 18.2 Å². The molecule has 35 heavy (non-hydrogen) atoms. The largest absolute Gasteiger partial charge is 0.497 e. The van der Waals surface area contributed by atoms with E-state index in [1.54, 1.807) is 17.7 Å². The predicted molar refractivity (Wildman–Crippen MR) is 134 cm³/mol. The van der Waals surface area contributed by atoms with Gasteiger partial charge in [0.15, 0.2) is 17.8 Å². The van der Waals surface area contributed by atoms with Gasteiger partial charge in [-0.1, -0.05) is 6.07 Å². The summed E-state index contributed by atoms with van der Waals surface area (Å²) in [5, 5.41) is 4.38. The van der Waals surface area contributed by atoms with Crippen molar-refractivity contribution in [2.24, 2.45) is 0 Å². The van der Waals surface area contributed by atoms with E-state index in [2.05, 4.69) is 22.3 Å². The first-order valence-electron chi connectivity index (χ1n) is 12.2. The van der Waals surface area contributed by atoms with Gasteiger partial charge < -0.3 is 24.1 Å². The highest BCUT2D eigenvalue weighted by molar-refractivity contribution is 5.96. The summed E-state index contributed by atoms with van der Waals surface area (Å²) in [5.74, 6) is 2.33. The average molecular weight is 478 g/mol. The first kappa shape index (κ1) is 23.4. The minimum absolute atomic E-state index is 0.177. The van der Waals surface area contributed by atoms with Crippen LogP contribution in [0.15, 0.2) is 47.3 Å². The number of hydrogen-bond acceptors (Lipinski definition) is 7. The molecule has 184 valence electrons. The normalized spacial score (nSPS) is 16.4. The predicted octanol–water partition coefficient (Wildman–Crippen LogP) is 2.85. The van der Waals surface area contributed by atoms with Gasteiger partial charge >= 0.3 is 0 Å². The Bertz CT molecular complexity index is 1260. The van der Waals surface area contributed by atoms with Crippen molar-refractivity contribution in [2.45, 2.75) is 32.0 Å². The van der Waals surface area contributed by atoms with E-state index in [0.717, 1.165) is 61.2 Å². The van der Waals surface area contributed by atoms with Crippen molar-refractivity contribution in [3.05, 3.63) is 63.9 Å². The van der Waals surface area contributed by atoms with Crippen molar-refractivity contribution < 1.29 is 19.0 Å². The lowest BCUT2D eigenvalue weighted by atomic mass is 10.0. The molecular formula is C27H31N3O5. The van der Waals surface area contributed by atoms with Gasteiger partial charge in [0.2, 0.25) is 0 Å². The molecule has 0 spiro atoms. The number of benzene rings is 2. The van der Waals surface area contributed by atoms with Gasteiger partial charge in [-0.15, -0.1) is 0 Å². The van der Waals surface area contributed by atoms with Crippen molar-refractivity contribution >= 4 is 17.2 Å². The summed E-state index contributed by atoms with van der Waals surface area (Å²) in [5.41, 5.74) is 2.18. The number of pyridine rings is 1. The Balaban J connectivity index is 1.16. The summed E-state index contributed by atoms with van der Waals surface area (Å²) in [6, 6.07) is 13.5. The molecule has 0 aliphatic carbocycles. The lowest BCUT2D eigenvalue weighted by Crippen LogP contribution is -2.43. The van der Waals surface area contributed by atoms with Gasteiger partial charge in [0.25, 0.3) is 5.56 Å². The molecule has 0 saturated carbocycles. The van der Waals surface area contributed by atoms with Gasteiger partial charge in [-0.3, -0.25) is 14.5 Å². The molecule has 2 aliphatic heterocycles. The molecule has 1 aromatic heterocycles. The average Bonchev–Trinajstić information content (AvgIpc) is 2.90. The summed E-state index contributed by atoms with van der Waals surface area (Å²) in [6.07, 6.45) is 2.84. The van der Waals surface area contributed by atoms with E-state index in [-0.39, 0.29) is 5.56 Å². The number of nitrogens with one attached hydrogen (secondary N) is 1. The van der Waals surface area contributed by atoms with Crippen LogP contribution in [0.4, 0.5) is 0 Å². The van der Waals surface area contributed by atoms with Crippen LogP contribution >= 0.6 is 0 Å². The number of rotatable bonds is 8. The number of aromatic nitrogens is 1. The van der Waals surface area contributed by atoms with E-state index in [4.69, 9.17) is 14.2 Å². The Hall–Kier alpha value is -3.36. The molecule has 0 bridgehead atoms. The van der Waals surface area contributed by atoms with Crippen molar-refractivity contribution in [1.82, 2.24) is 14.8 Å². The third-order valence-corrected chi connectivity index (χ3v) is 6.85. The number of piperidine rings is 1. The first-order chi connectivity index (χ1) is 17.1. The van der Waals surface area contributed by atoms with E-state index < -0.39 is 0 Å². The van der Waals surface area contributed by atoms with Gasteiger partial charge in [-0.25, -0.2) is 0 Å². The molecule has 8 heteroatoms. The Morgan fingerprint density at radius 1 is 1.06 bits per heavy atom. The van der Waals surface area contributed by atoms with Crippen LogP contribution in [-0.2, 0) is 13.1 Å². The van der Waals surface area contributed by atoms with Gasteiger partial charge in [0.05, 0.1) is 12.6 Å². The maximum atomic E-state index is 12.7. The van der Waals surface area contributed by atoms with Crippen LogP contribution < -0.4 is 25.1 Å². The maximum absolute atomic E-state index is 12.7. The Morgan fingerprint density at radius 2 is 1.86 bits per heavy atom. The topological polar surface area (TPSA) is 82.0 Å². The third kappa shape index (κ3) is 5.18. The van der Waals surface area contributed by atoms with Crippen LogP contribution in [-0.4, -0.2) is 61.8 Å². The molecule has 0 unspecified atom stereocenters. The molecule has 1 N–H and O–H groups in total. The first-order valence-corrected chi connectivity index (χ1v) is 12.2. The number of methoxy groups -OCH3 is 1. The second-order valence-electron chi connectivity index (χ2n) is 9.07. The molecule has 1 saturated heterocycles. The van der Waals surface area contributed by atoms with Crippen molar-refractivity contribution in [3.63, 3.8) is 0 Å². The molecule has 2 aromatic carbocycles. The molecule has 0 amide bonds. The quantitative estimate of drug-likeness (QED) is 0.500. The Morgan fingerprint density at radius 3 is 2.63 bits per heavy atom. The zero-order chi connectivity index (χ0) is 24.2. The molecule has 1 fully saturated rings. The van der Waals surface area contributed by atoms with Gasteiger partial charge in [-0.05, 0) is 55.8 Å². The molecule has 0 atom stereocenters. The Kier molecular flexibility index (Phi) is 7.01.